The number of hydrogen-bond acceptors (Lipinski definition) is 7. The van der Waals surface area contributed by atoms with Crippen LogP contribution in [0.1, 0.15) is 29.5 Å². The predicted molar refractivity (Wildman–Crippen MR) is 127 cm³/mol. The number of cyclic esters (lactones) is 4. The maximum absolute atomic E-state index is 13.6. The molecule has 0 radical (unpaired) electrons. The summed E-state index contributed by atoms with van der Waals surface area (Å²) in [6.45, 7) is 2.00. The van der Waals surface area contributed by atoms with Crippen molar-refractivity contribution in [2.75, 3.05) is 7.11 Å². The van der Waals surface area contributed by atoms with Crippen LogP contribution < -0.4 is 4.74 Å². The van der Waals surface area contributed by atoms with Gasteiger partial charge in [-0.05, 0) is 48.9 Å². The van der Waals surface area contributed by atoms with E-state index in [9.17, 15) is 19.2 Å². The van der Waals surface area contributed by atoms with Gasteiger partial charge in [-0.1, -0.05) is 53.6 Å². The number of aryl methyl sites for hydroxylation is 1. The second-order valence-corrected chi connectivity index (χ2v) is 11.6. The van der Waals surface area contributed by atoms with E-state index in [1.165, 1.54) is 0 Å². The van der Waals surface area contributed by atoms with Crippen LogP contribution in [0, 0.1) is 41.9 Å². The highest BCUT2D eigenvalue weighted by Crippen LogP contribution is 2.86. The number of methoxy groups -OCH3 is 1. The molecule has 3 saturated carbocycles. The topological polar surface area (TPSA) is 96.0 Å². The third-order valence-electron chi connectivity index (χ3n) is 10.6. The lowest BCUT2D eigenvalue weighted by atomic mass is 9.47. The number of carbonyl (C=O) groups excluding carboxylic acids is 4. The molecule has 8 atom stereocenters. The van der Waals surface area contributed by atoms with Crippen LogP contribution in [0.4, 0.5) is 0 Å². The Labute approximate surface area is 212 Å². The first-order valence-electron chi connectivity index (χ1n) is 12.7. The molecule has 7 heteroatoms. The Morgan fingerprint density at radius 1 is 0.757 bits per heavy atom. The third kappa shape index (κ3) is 2.04. The van der Waals surface area contributed by atoms with Crippen molar-refractivity contribution in [2.24, 2.45) is 35.0 Å². The predicted octanol–water partition coefficient (Wildman–Crippen LogP) is 3.17. The summed E-state index contributed by atoms with van der Waals surface area (Å²) >= 11 is 0. The molecule has 2 aliphatic heterocycles. The number of esters is 4. The molecule has 0 amide bonds. The maximum Gasteiger partial charge on any atom is 0.318 e. The van der Waals surface area contributed by atoms with E-state index in [0.717, 1.165) is 22.3 Å². The maximum atomic E-state index is 13.6. The third-order valence-corrected chi connectivity index (χ3v) is 10.6. The van der Waals surface area contributed by atoms with Gasteiger partial charge in [-0.2, -0.15) is 0 Å². The van der Waals surface area contributed by atoms with Gasteiger partial charge in [-0.3, -0.25) is 19.2 Å². The smallest absolute Gasteiger partial charge is 0.318 e. The number of benzene rings is 2. The van der Waals surface area contributed by atoms with E-state index >= 15 is 0 Å². The lowest BCUT2D eigenvalue weighted by Gasteiger charge is -2.52. The summed E-state index contributed by atoms with van der Waals surface area (Å²) in [6, 6.07) is 15.7. The van der Waals surface area contributed by atoms with Crippen LogP contribution in [0.2, 0.25) is 0 Å². The molecule has 8 unspecified atom stereocenters. The summed E-state index contributed by atoms with van der Waals surface area (Å²) in [5.41, 5.74) is 1.33. The molecule has 186 valence electrons. The van der Waals surface area contributed by atoms with Gasteiger partial charge in [0.1, 0.15) is 5.75 Å². The van der Waals surface area contributed by atoms with Crippen LogP contribution in [0.3, 0.4) is 0 Å². The van der Waals surface area contributed by atoms with Crippen molar-refractivity contribution in [2.45, 2.75) is 30.6 Å². The van der Waals surface area contributed by atoms with E-state index in [4.69, 9.17) is 14.2 Å². The summed E-state index contributed by atoms with van der Waals surface area (Å²) < 4.78 is 16.0. The summed E-state index contributed by atoms with van der Waals surface area (Å²) in [5, 5.41) is 0. The Morgan fingerprint density at radius 2 is 1.38 bits per heavy atom. The Kier molecular flexibility index (Phi) is 3.69. The van der Waals surface area contributed by atoms with Crippen LogP contribution >= 0.6 is 0 Å². The first kappa shape index (κ1) is 21.4. The van der Waals surface area contributed by atoms with Crippen molar-refractivity contribution < 1.29 is 33.4 Å². The van der Waals surface area contributed by atoms with E-state index in [1.54, 1.807) is 7.11 Å². The van der Waals surface area contributed by atoms with E-state index in [-0.39, 0.29) is 5.92 Å². The fraction of sp³-hybridized carbons (Fsp3) is 0.400. The minimum absolute atomic E-state index is 0.174. The van der Waals surface area contributed by atoms with E-state index in [0.29, 0.717) is 18.6 Å². The Bertz CT molecular complexity index is 1490. The number of rotatable bonds is 3. The fourth-order valence-corrected chi connectivity index (χ4v) is 9.66. The molecule has 6 aliphatic rings. The average Bonchev–Trinajstić information content (AvgIpc) is 3.69. The highest BCUT2D eigenvalue weighted by molar-refractivity contribution is 6.04. The lowest BCUT2D eigenvalue weighted by Crippen LogP contribution is -2.57. The van der Waals surface area contributed by atoms with Crippen LogP contribution in [-0.4, -0.2) is 31.0 Å². The molecule has 2 saturated heterocycles. The molecule has 37 heavy (non-hydrogen) atoms. The minimum atomic E-state index is -0.891. The molecular weight excluding hydrogens is 472 g/mol. The number of allylic oxidation sites excluding steroid dienone is 2. The monoisotopic (exact) mass is 496 g/mol. The zero-order valence-electron chi connectivity index (χ0n) is 20.4. The summed E-state index contributed by atoms with van der Waals surface area (Å²) in [4.78, 5) is 53.3. The van der Waals surface area contributed by atoms with Gasteiger partial charge in [-0.25, -0.2) is 0 Å². The fourth-order valence-electron chi connectivity index (χ4n) is 9.66. The zero-order chi connectivity index (χ0) is 25.5. The summed E-state index contributed by atoms with van der Waals surface area (Å²) in [6.07, 6.45) is 3.19. The van der Waals surface area contributed by atoms with Crippen molar-refractivity contribution in [3.05, 3.63) is 76.9 Å². The van der Waals surface area contributed by atoms with Crippen LogP contribution in [0.5, 0.6) is 5.75 Å². The highest BCUT2D eigenvalue weighted by Gasteiger charge is 2.89. The molecule has 5 fully saturated rings. The molecule has 2 aromatic rings. The van der Waals surface area contributed by atoms with Crippen molar-refractivity contribution in [1.82, 2.24) is 0 Å². The van der Waals surface area contributed by atoms with Crippen LogP contribution in [0.15, 0.2) is 60.2 Å². The quantitative estimate of drug-likeness (QED) is 0.366. The molecule has 0 aromatic heterocycles. The van der Waals surface area contributed by atoms with Crippen LogP contribution in [0.25, 0.3) is 0 Å². The lowest BCUT2D eigenvalue weighted by molar-refractivity contribution is -0.159. The standard InChI is InChI=1S/C30H24O7/c1-14-3-5-17(6-4-14)30-13-28(16-7-9-18(35-2)10-8-16,22-23(30)27(34)37-26(22)33)19-11-15-12-29(19,30)21-20(15)24(31)36-25(21)32/h3-11,15,20-23H,12-13H2,1-2H3. The summed E-state index contributed by atoms with van der Waals surface area (Å²) in [5.74, 6) is -4.25. The summed E-state index contributed by atoms with van der Waals surface area (Å²) in [7, 11) is 1.60. The van der Waals surface area contributed by atoms with Crippen molar-refractivity contribution >= 4 is 23.9 Å². The molecule has 1 spiro atoms. The van der Waals surface area contributed by atoms with Crippen molar-refractivity contribution in [3.63, 3.8) is 0 Å². The van der Waals surface area contributed by atoms with Gasteiger partial charge in [0.15, 0.2) is 0 Å². The second-order valence-electron chi connectivity index (χ2n) is 11.6. The van der Waals surface area contributed by atoms with Gasteiger partial charge in [-0.15, -0.1) is 0 Å². The normalized spacial score (nSPS) is 41.9. The van der Waals surface area contributed by atoms with Gasteiger partial charge in [0.2, 0.25) is 0 Å². The first-order valence-corrected chi connectivity index (χ1v) is 12.7. The SMILES string of the molecule is COc1ccc(C23CC(c4ccc(C)cc4)(C4C(=O)OC(=O)C42)C24CC(C=C32)C2C(=O)OC(=O)C24)cc1. The molecule has 8 rings (SSSR count). The Morgan fingerprint density at radius 3 is 2.08 bits per heavy atom. The molecule has 0 N–H and O–H groups in total. The molecule has 4 bridgehead atoms. The highest BCUT2D eigenvalue weighted by atomic mass is 16.6. The molecule has 4 aliphatic carbocycles. The Hall–Kier alpha value is -3.74. The molecule has 7 nitrogen and oxygen atoms in total. The Balaban J connectivity index is 1.49. The molecule has 2 aromatic carbocycles. The van der Waals surface area contributed by atoms with E-state index in [2.05, 4.69) is 6.08 Å². The number of fused-ring (bicyclic) bond motifs is 9. The van der Waals surface area contributed by atoms with Gasteiger partial charge in [0.05, 0.1) is 30.8 Å². The second kappa shape index (κ2) is 6.39. The molecular formula is C30H24O7. The van der Waals surface area contributed by atoms with Gasteiger partial charge < -0.3 is 14.2 Å². The first-order chi connectivity index (χ1) is 17.8. The van der Waals surface area contributed by atoms with E-state index in [1.807, 2.05) is 55.5 Å². The zero-order valence-corrected chi connectivity index (χ0v) is 20.4. The number of ether oxygens (including phenoxy) is 3. The van der Waals surface area contributed by atoms with Gasteiger partial charge >= 0.3 is 23.9 Å². The number of carbonyl (C=O) groups is 4. The largest absolute Gasteiger partial charge is 0.497 e. The van der Waals surface area contributed by atoms with Gasteiger partial charge in [0, 0.05) is 16.2 Å². The average molecular weight is 497 g/mol. The van der Waals surface area contributed by atoms with Crippen LogP contribution in [-0.2, 0) is 39.5 Å². The van der Waals surface area contributed by atoms with Crippen molar-refractivity contribution in [1.29, 1.82) is 0 Å². The van der Waals surface area contributed by atoms with E-state index < -0.39 is 63.8 Å². The number of hydrogen-bond donors (Lipinski definition) is 0. The minimum Gasteiger partial charge on any atom is -0.497 e. The van der Waals surface area contributed by atoms with Crippen molar-refractivity contribution in [3.8, 4) is 5.75 Å². The van der Waals surface area contributed by atoms with Gasteiger partial charge in [0.25, 0.3) is 0 Å². The molecule has 2 heterocycles.